The maximum atomic E-state index is 6.15. The molecule has 0 aliphatic heterocycles. The first kappa shape index (κ1) is 11.4. The molecule has 0 saturated heterocycles. The number of nitrogens with zero attached hydrogens (tertiary/aromatic N) is 3. The van der Waals surface area contributed by atoms with Gasteiger partial charge in [0.25, 0.3) is 0 Å². The summed E-state index contributed by atoms with van der Waals surface area (Å²) in [6.45, 7) is 7.20. The minimum Gasteiger partial charge on any atom is -0.311 e. The highest BCUT2D eigenvalue weighted by Gasteiger charge is 2.15. The van der Waals surface area contributed by atoms with Crippen molar-refractivity contribution in [2.24, 2.45) is 5.92 Å². The van der Waals surface area contributed by atoms with E-state index in [1.807, 2.05) is 19.1 Å². The van der Waals surface area contributed by atoms with E-state index >= 15 is 0 Å². The van der Waals surface area contributed by atoms with Crippen LogP contribution in [0.15, 0.2) is 18.3 Å². The molecule has 86 valence electrons. The number of aromatic nitrogens is 3. The van der Waals surface area contributed by atoms with Gasteiger partial charge in [-0.3, -0.25) is 0 Å². The quantitative estimate of drug-likeness (QED) is 0.767. The van der Waals surface area contributed by atoms with Crippen molar-refractivity contribution in [3.8, 4) is 0 Å². The zero-order valence-electron chi connectivity index (χ0n) is 9.81. The van der Waals surface area contributed by atoms with Crippen LogP contribution in [0.4, 0.5) is 0 Å². The second-order valence-electron chi connectivity index (χ2n) is 4.44. The smallest absolute Gasteiger partial charge is 0.160 e. The molecule has 4 heteroatoms. The summed E-state index contributed by atoms with van der Waals surface area (Å²) in [5.41, 5.74) is 1.85. The maximum absolute atomic E-state index is 6.15. The summed E-state index contributed by atoms with van der Waals surface area (Å²) < 4.78 is 2.12. The topological polar surface area (TPSA) is 30.7 Å². The lowest BCUT2D eigenvalue weighted by atomic mass is 10.2. The molecule has 16 heavy (non-hydrogen) atoms. The van der Waals surface area contributed by atoms with Crippen molar-refractivity contribution in [1.29, 1.82) is 0 Å². The number of hydrogen-bond acceptors (Lipinski definition) is 2. The lowest BCUT2D eigenvalue weighted by molar-refractivity contribution is 0.514. The fourth-order valence-corrected chi connectivity index (χ4v) is 1.99. The predicted octanol–water partition coefficient (Wildman–Crippen LogP) is 3.39. The first-order valence-electron chi connectivity index (χ1n) is 5.54. The minimum absolute atomic E-state index is 0.0899. The van der Waals surface area contributed by atoms with Gasteiger partial charge in [-0.2, -0.15) is 0 Å². The van der Waals surface area contributed by atoms with Crippen molar-refractivity contribution in [3.63, 3.8) is 0 Å². The van der Waals surface area contributed by atoms with Crippen molar-refractivity contribution in [1.82, 2.24) is 14.5 Å². The minimum atomic E-state index is -0.0899. The first-order chi connectivity index (χ1) is 7.59. The van der Waals surface area contributed by atoms with E-state index in [-0.39, 0.29) is 5.38 Å². The van der Waals surface area contributed by atoms with Gasteiger partial charge in [0.05, 0.1) is 5.38 Å². The van der Waals surface area contributed by atoms with E-state index in [1.165, 1.54) is 0 Å². The van der Waals surface area contributed by atoms with Crippen LogP contribution in [0.1, 0.15) is 32.0 Å². The van der Waals surface area contributed by atoms with Gasteiger partial charge in [0.2, 0.25) is 0 Å². The molecule has 1 atom stereocenters. The molecule has 0 bridgehead atoms. The van der Waals surface area contributed by atoms with Crippen molar-refractivity contribution in [3.05, 3.63) is 24.2 Å². The normalized spacial score (nSPS) is 13.6. The maximum Gasteiger partial charge on any atom is 0.160 e. The first-order valence-corrected chi connectivity index (χ1v) is 5.98. The Labute approximate surface area is 100 Å². The number of halogens is 1. The fourth-order valence-electron chi connectivity index (χ4n) is 1.82. The van der Waals surface area contributed by atoms with Gasteiger partial charge in [0.15, 0.2) is 5.65 Å². The highest BCUT2D eigenvalue weighted by atomic mass is 35.5. The molecule has 0 spiro atoms. The van der Waals surface area contributed by atoms with Gasteiger partial charge in [0.1, 0.15) is 11.3 Å². The molecule has 3 nitrogen and oxygen atoms in total. The van der Waals surface area contributed by atoms with Gasteiger partial charge in [0, 0.05) is 12.7 Å². The molecule has 0 fully saturated rings. The second kappa shape index (κ2) is 4.42. The van der Waals surface area contributed by atoms with E-state index in [9.17, 15) is 0 Å². The molecule has 2 heterocycles. The second-order valence-corrected chi connectivity index (χ2v) is 5.09. The van der Waals surface area contributed by atoms with Crippen LogP contribution in [-0.4, -0.2) is 14.5 Å². The third-order valence-corrected chi connectivity index (χ3v) is 2.63. The summed E-state index contributed by atoms with van der Waals surface area (Å²) in [5.74, 6) is 1.46. The summed E-state index contributed by atoms with van der Waals surface area (Å²) in [6.07, 6.45) is 1.80. The van der Waals surface area contributed by atoms with E-state index in [0.717, 1.165) is 23.5 Å². The number of pyridine rings is 1. The summed E-state index contributed by atoms with van der Waals surface area (Å²) >= 11 is 6.15. The molecule has 0 aliphatic carbocycles. The van der Waals surface area contributed by atoms with E-state index in [0.29, 0.717) is 5.92 Å². The average molecular weight is 238 g/mol. The molecule has 0 N–H and O–H groups in total. The third-order valence-electron chi connectivity index (χ3n) is 2.44. The fraction of sp³-hybridized carbons (Fsp3) is 0.500. The summed E-state index contributed by atoms with van der Waals surface area (Å²) in [5, 5.41) is -0.0899. The van der Waals surface area contributed by atoms with Crippen LogP contribution >= 0.6 is 11.6 Å². The van der Waals surface area contributed by atoms with E-state index in [1.54, 1.807) is 6.20 Å². The number of rotatable bonds is 3. The van der Waals surface area contributed by atoms with Crippen LogP contribution in [0.5, 0.6) is 0 Å². The zero-order chi connectivity index (χ0) is 11.7. The van der Waals surface area contributed by atoms with E-state index < -0.39 is 0 Å². The number of fused-ring (bicyclic) bond motifs is 1. The van der Waals surface area contributed by atoms with Crippen LogP contribution < -0.4 is 0 Å². The van der Waals surface area contributed by atoms with Gasteiger partial charge < -0.3 is 4.57 Å². The molecular weight excluding hydrogens is 222 g/mol. The molecular formula is C12H16ClN3. The Morgan fingerprint density at radius 1 is 1.38 bits per heavy atom. The predicted molar refractivity (Wildman–Crippen MR) is 66.6 cm³/mol. The number of alkyl halides is 1. The van der Waals surface area contributed by atoms with E-state index in [2.05, 4.69) is 28.4 Å². The lowest BCUT2D eigenvalue weighted by Crippen LogP contribution is -2.09. The van der Waals surface area contributed by atoms with Crippen LogP contribution in [0, 0.1) is 5.92 Å². The molecule has 0 aromatic carbocycles. The Morgan fingerprint density at radius 3 is 2.75 bits per heavy atom. The number of hydrogen-bond donors (Lipinski definition) is 0. The SMILES string of the molecule is CC(C)Cn1c(C(C)Cl)nc2cccnc21. The average Bonchev–Trinajstić information content (AvgIpc) is 2.57. The van der Waals surface area contributed by atoms with E-state index in [4.69, 9.17) is 11.6 Å². The Balaban J connectivity index is 2.60. The summed E-state index contributed by atoms with van der Waals surface area (Å²) in [7, 11) is 0. The number of imidazole rings is 1. The van der Waals surface area contributed by atoms with Crippen LogP contribution in [0.3, 0.4) is 0 Å². The Morgan fingerprint density at radius 2 is 2.12 bits per heavy atom. The Bertz CT molecular complexity index is 488. The van der Waals surface area contributed by atoms with Gasteiger partial charge in [-0.05, 0) is 25.0 Å². The molecule has 0 amide bonds. The molecule has 2 aromatic heterocycles. The van der Waals surface area contributed by atoms with Crippen LogP contribution in [-0.2, 0) is 6.54 Å². The standard InChI is InChI=1S/C12H16ClN3/c1-8(2)7-16-11(9(3)13)15-10-5-4-6-14-12(10)16/h4-6,8-9H,7H2,1-3H3. The van der Waals surface area contributed by atoms with Crippen molar-refractivity contribution < 1.29 is 0 Å². The summed E-state index contributed by atoms with van der Waals surface area (Å²) in [6, 6.07) is 3.87. The third kappa shape index (κ3) is 2.05. The Hall–Kier alpha value is -1.09. The largest absolute Gasteiger partial charge is 0.311 e. The zero-order valence-corrected chi connectivity index (χ0v) is 10.6. The van der Waals surface area contributed by atoms with Gasteiger partial charge >= 0.3 is 0 Å². The van der Waals surface area contributed by atoms with Crippen LogP contribution in [0.25, 0.3) is 11.2 Å². The molecule has 0 radical (unpaired) electrons. The van der Waals surface area contributed by atoms with Crippen molar-refractivity contribution in [2.45, 2.75) is 32.7 Å². The van der Waals surface area contributed by atoms with Gasteiger partial charge in [-0.15, -0.1) is 11.6 Å². The lowest BCUT2D eigenvalue weighted by Gasteiger charge is -2.11. The molecule has 2 rings (SSSR count). The molecule has 1 unspecified atom stereocenters. The summed E-state index contributed by atoms with van der Waals surface area (Å²) in [4.78, 5) is 8.91. The highest BCUT2D eigenvalue weighted by Crippen LogP contribution is 2.24. The van der Waals surface area contributed by atoms with Crippen molar-refractivity contribution >= 4 is 22.8 Å². The molecule has 0 aliphatic rings. The Kier molecular flexibility index (Phi) is 3.15. The van der Waals surface area contributed by atoms with Crippen LogP contribution in [0.2, 0.25) is 0 Å². The molecule has 0 saturated carbocycles. The van der Waals surface area contributed by atoms with Crippen molar-refractivity contribution in [2.75, 3.05) is 0 Å². The molecule has 2 aromatic rings. The highest BCUT2D eigenvalue weighted by molar-refractivity contribution is 6.20. The monoisotopic (exact) mass is 237 g/mol. The van der Waals surface area contributed by atoms with Gasteiger partial charge in [-0.25, -0.2) is 9.97 Å². The van der Waals surface area contributed by atoms with Gasteiger partial charge in [-0.1, -0.05) is 13.8 Å².